The standard InChI is InChI=1S/C15H13ClFNO3/c1-15(2,13-8-3-10(17)9-14(13)16)21-12-6-4-11(5-7-12)18(19)20/h3-9H,1-2H3. The summed E-state index contributed by atoms with van der Waals surface area (Å²) < 4.78 is 18.9. The first-order chi connectivity index (χ1) is 9.79. The lowest BCUT2D eigenvalue weighted by molar-refractivity contribution is -0.384. The largest absolute Gasteiger partial charge is 0.483 e. The second kappa shape index (κ2) is 5.69. The Balaban J connectivity index is 2.25. The van der Waals surface area contributed by atoms with E-state index in [-0.39, 0.29) is 10.7 Å². The van der Waals surface area contributed by atoms with Crippen LogP contribution in [0, 0.1) is 15.9 Å². The quantitative estimate of drug-likeness (QED) is 0.607. The maximum absolute atomic E-state index is 13.1. The number of benzene rings is 2. The highest BCUT2D eigenvalue weighted by atomic mass is 35.5. The highest BCUT2D eigenvalue weighted by Crippen LogP contribution is 2.33. The highest BCUT2D eigenvalue weighted by Gasteiger charge is 2.26. The van der Waals surface area contributed by atoms with Crippen molar-refractivity contribution in [1.29, 1.82) is 0 Å². The van der Waals surface area contributed by atoms with Crippen LogP contribution in [0.4, 0.5) is 10.1 Å². The van der Waals surface area contributed by atoms with Crippen molar-refractivity contribution in [2.75, 3.05) is 0 Å². The van der Waals surface area contributed by atoms with E-state index >= 15 is 0 Å². The second-order valence-electron chi connectivity index (χ2n) is 4.99. The molecule has 0 bridgehead atoms. The van der Waals surface area contributed by atoms with E-state index in [1.807, 2.05) is 0 Å². The van der Waals surface area contributed by atoms with E-state index in [4.69, 9.17) is 16.3 Å². The first-order valence-corrected chi connectivity index (χ1v) is 6.56. The molecule has 0 aromatic heterocycles. The summed E-state index contributed by atoms with van der Waals surface area (Å²) in [6, 6.07) is 9.83. The molecule has 0 aliphatic rings. The smallest absolute Gasteiger partial charge is 0.269 e. The summed E-state index contributed by atoms with van der Waals surface area (Å²) in [7, 11) is 0. The molecule has 2 rings (SSSR count). The number of nitrogens with zero attached hydrogens (tertiary/aromatic N) is 1. The van der Waals surface area contributed by atoms with Gasteiger partial charge >= 0.3 is 0 Å². The van der Waals surface area contributed by atoms with Crippen LogP contribution in [0.25, 0.3) is 0 Å². The van der Waals surface area contributed by atoms with Crippen LogP contribution in [0.15, 0.2) is 42.5 Å². The fourth-order valence-electron chi connectivity index (χ4n) is 1.96. The molecule has 6 heteroatoms. The molecule has 4 nitrogen and oxygen atoms in total. The topological polar surface area (TPSA) is 52.4 Å². The van der Waals surface area contributed by atoms with Crippen molar-refractivity contribution in [2.24, 2.45) is 0 Å². The molecule has 0 unspecified atom stereocenters. The summed E-state index contributed by atoms with van der Waals surface area (Å²) in [6.45, 7) is 3.57. The van der Waals surface area contributed by atoms with Crippen molar-refractivity contribution in [3.8, 4) is 5.75 Å². The van der Waals surface area contributed by atoms with Crippen LogP contribution in [-0.4, -0.2) is 4.92 Å². The van der Waals surface area contributed by atoms with E-state index in [2.05, 4.69) is 0 Å². The Morgan fingerprint density at radius 1 is 1.19 bits per heavy atom. The Kier molecular flexibility index (Phi) is 4.14. The number of ether oxygens (including phenoxy) is 1. The van der Waals surface area contributed by atoms with Crippen LogP contribution >= 0.6 is 11.6 Å². The molecule has 0 amide bonds. The summed E-state index contributed by atoms with van der Waals surface area (Å²) in [5, 5.41) is 10.9. The fraction of sp³-hybridized carbons (Fsp3) is 0.200. The Labute approximate surface area is 126 Å². The summed E-state index contributed by atoms with van der Waals surface area (Å²) in [5.74, 6) is 0.0425. The van der Waals surface area contributed by atoms with Crippen LogP contribution in [-0.2, 0) is 5.60 Å². The molecule has 0 fully saturated rings. The summed E-state index contributed by atoms with van der Waals surface area (Å²) in [5.41, 5.74) is -0.190. The number of hydrogen-bond acceptors (Lipinski definition) is 3. The van der Waals surface area contributed by atoms with Gasteiger partial charge in [-0.25, -0.2) is 4.39 Å². The van der Waals surface area contributed by atoms with Crippen LogP contribution in [0.5, 0.6) is 5.75 Å². The predicted octanol–water partition coefficient (Wildman–Crippen LogP) is 4.70. The monoisotopic (exact) mass is 309 g/mol. The maximum atomic E-state index is 13.1. The molecule has 0 N–H and O–H groups in total. The maximum Gasteiger partial charge on any atom is 0.269 e. The SMILES string of the molecule is CC(C)(Oc1ccc([N+](=O)[O-])cc1)c1ccc(F)cc1Cl. The second-order valence-corrected chi connectivity index (χ2v) is 5.39. The van der Waals surface area contributed by atoms with Crippen molar-refractivity contribution in [2.45, 2.75) is 19.4 Å². The molecule has 0 spiro atoms. The van der Waals surface area contributed by atoms with Gasteiger partial charge < -0.3 is 4.74 Å². The van der Waals surface area contributed by atoms with Crippen molar-refractivity contribution >= 4 is 17.3 Å². The average Bonchev–Trinajstić information content (AvgIpc) is 2.38. The number of hydrogen-bond donors (Lipinski definition) is 0. The lowest BCUT2D eigenvalue weighted by Gasteiger charge is -2.28. The summed E-state index contributed by atoms with van der Waals surface area (Å²) >= 11 is 6.04. The molecule has 2 aromatic rings. The van der Waals surface area contributed by atoms with E-state index in [0.717, 1.165) is 0 Å². The normalized spacial score (nSPS) is 11.2. The zero-order valence-electron chi connectivity index (χ0n) is 11.5. The number of rotatable bonds is 4. The third-order valence-electron chi connectivity index (χ3n) is 3.00. The van der Waals surface area contributed by atoms with Gasteiger partial charge in [0.25, 0.3) is 5.69 Å². The van der Waals surface area contributed by atoms with Gasteiger partial charge in [0, 0.05) is 17.7 Å². The minimum absolute atomic E-state index is 0.0139. The van der Waals surface area contributed by atoms with Gasteiger partial charge in [-0.1, -0.05) is 17.7 Å². The van der Waals surface area contributed by atoms with E-state index in [1.165, 1.54) is 36.4 Å². The fourth-order valence-corrected chi connectivity index (χ4v) is 2.36. The molecule has 0 atom stereocenters. The molecule has 0 saturated carbocycles. The van der Waals surface area contributed by atoms with Crippen molar-refractivity contribution in [3.05, 3.63) is 69.0 Å². The minimum Gasteiger partial charge on any atom is -0.483 e. The molecule has 21 heavy (non-hydrogen) atoms. The average molecular weight is 310 g/mol. The van der Waals surface area contributed by atoms with Crippen molar-refractivity contribution < 1.29 is 14.1 Å². The van der Waals surface area contributed by atoms with Crippen LogP contribution in [0.3, 0.4) is 0 Å². The Bertz CT molecular complexity index is 671. The highest BCUT2D eigenvalue weighted by molar-refractivity contribution is 6.31. The summed E-state index contributed by atoms with van der Waals surface area (Å²) in [6.07, 6.45) is 0. The minimum atomic E-state index is -0.805. The Morgan fingerprint density at radius 2 is 1.81 bits per heavy atom. The van der Waals surface area contributed by atoms with E-state index in [0.29, 0.717) is 11.3 Å². The van der Waals surface area contributed by atoms with Gasteiger partial charge in [0.15, 0.2) is 0 Å². The van der Waals surface area contributed by atoms with Crippen LogP contribution < -0.4 is 4.74 Å². The summed E-state index contributed by atoms with van der Waals surface area (Å²) in [4.78, 5) is 10.1. The van der Waals surface area contributed by atoms with Gasteiger partial charge in [-0.05, 0) is 38.1 Å². The Morgan fingerprint density at radius 3 is 2.33 bits per heavy atom. The van der Waals surface area contributed by atoms with Gasteiger partial charge in [-0.3, -0.25) is 10.1 Å². The molecule has 0 aliphatic heterocycles. The lowest BCUT2D eigenvalue weighted by atomic mass is 9.98. The molecular formula is C15H13ClFNO3. The molecular weight excluding hydrogens is 297 g/mol. The molecule has 0 saturated heterocycles. The molecule has 0 radical (unpaired) electrons. The Hall–Kier alpha value is -2.14. The van der Waals surface area contributed by atoms with Gasteiger partial charge in [0.1, 0.15) is 17.2 Å². The zero-order valence-corrected chi connectivity index (χ0v) is 12.2. The first kappa shape index (κ1) is 15.3. The number of non-ortho nitro benzene ring substituents is 1. The first-order valence-electron chi connectivity index (χ1n) is 6.18. The number of nitro groups is 1. The lowest BCUT2D eigenvalue weighted by Crippen LogP contribution is -2.25. The molecule has 110 valence electrons. The van der Waals surface area contributed by atoms with Crippen molar-refractivity contribution in [3.63, 3.8) is 0 Å². The van der Waals surface area contributed by atoms with Gasteiger partial charge in [-0.2, -0.15) is 0 Å². The van der Waals surface area contributed by atoms with Gasteiger partial charge in [-0.15, -0.1) is 0 Å². The van der Waals surface area contributed by atoms with E-state index in [1.54, 1.807) is 19.9 Å². The van der Waals surface area contributed by atoms with Crippen LogP contribution in [0.2, 0.25) is 5.02 Å². The zero-order chi connectivity index (χ0) is 15.6. The van der Waals surface area contributed by atoms with Gasteiger partial charge in [0.05, 0.1) is 9.95 Å². The molecule has 2 aromatic carbocycles. The third kappa shape index (κ3) is 3.49. The van der Waals surface area contributed by atoms with Gasteiger partial charge in [0.2, 0.25) is 0 Å². The number of nitro benzene ring substituents is 1. The van der Waals surface area contributed by atoms with E-state index in [9.17, 15) is 14.5 Å². The predicted molar refractivity (Wildman–Crippen MR) is 78.2 cm³/mol. The van der Waals surface area contributed by atoms with E-state index < -0.39 is 16.3 Å². The third-order valence-corrected chi connectivity index (χ3v) is 3.31. The molecule has 0 aliphatic carbocycles. The molecule has 0 heterocycles. The number of halogens is 2. The van der Waals surface area contributed by atoms with Crippen LogP contribution in [0.1, 0.15) is 19.4 Å². The van der Waals surface area contributed by atoms with Crippen molar-refractivity contribution in [1.82, 2.24) is 0 Å².